The summed E-state index contributed by atoms with van der Waals surface area (Å²) in [7, 11) is 0. The van der Waals surface area contributed by atoms with Crippen molar-refractivity contribution in [1.82, 2.24) is 15.0 Å². The maximum absolute atomic E-state index is 13.7. The Morgan fingerprint density at radius 1 is 1.21 bits per heavy atom. The fraction of sp³-hybridized carbons (Fsp3) is 0.350. The molecule has 1 aromatic carbocycles. The monoisotopic (exact) mass is 403 g/mol. The normalized spacial score (nSPS) is 16.9. The highest BCUT2D eigenvalue weighted by Crippen LogP contribution is 2.28. The summed E-state index contributed by atoms with van der Waals surface area (Å²) < 4.78 is 40.6. The number of hydrogen-bond acceptors (Lipinski definition) is 5. The maximum atomic E-state index is 13.7. The molecule has 0 amide bonds. The van der Waals surface area contributed by atoms with Gasteiger partial charge in [-0.15, -0.1) is 0 Å². The van der Waals surface area contributed by atoms with Gasteiger partial charge in [0.2, 0.25) is 0 Å². The number of anilines is 2. The van der Waals surface area contributed by atoms with Crippen molar-refractivity contribution in [2.75, 3.05) is 29.9 Å². The lowest BCUT2D eigenvalue weighted by Crippen LogP contribution is -2.37. The molecule has 9 heteroatoms. The molecular weight excluding hydrogens is 383 g/mol. The molecule has 4 rings (SSSR count). The van der Waals surface area contributed by atoms with Crippen LogP contribution in [0.1, 0.15) is 19.3 Å². The van der Waals surface area contributed by atoms with Crippen molar-refractivity contribution in [3.8, 4) is 0 Å². The Hall–Kier alpha value is -3.10. The quantitative estimate of drug-likeness (QED) is 0.615. The Kier molecular flexibility index (Phi) is 5.37. The number of ketones is 1. The highest BCUT2D eigenvalue weighted by Gasteiger charge is 2.25. The van der Waals surface area contributed by atoms with E-state index in [0.29, 0.717) is 12.6 Å². The number of rotatable bonds is 6. The van der Waals surface area contributed by atoms with Crippen LogP contribution in [0.15, 0.2) is 30.7 Å². The van der Waals surface area contributed by atoms with Crippen LogP contribution in [-0.2, 0) is 4.79 Å². The number of nitrogens with one attached hydrogen (secondary N) is 2. The number of nitrogens with zero attached hydrogens (tertiary/aromatic N) is 3. The van der Waals surface area contributed by atoms with E-state index in [1.54, 1.807) is 0 Å². The average molecular weight is 403 g/mol. The predicted octanol–water partition coefficient (Wildman–Crippen LogP) is 3.66. The average Bonchev–Trinajstić information content (AvgIpc) is 3.20. The number of H-pyrrole nitrogens is 1. The number of fused-ring (bicyclic) bond motifs is 1. The van der Waals surface area contributed by atoms with Gasteiger partial charge in [0.25, 0.3) is 0 Å². The highest BCUT2D eigenvalue weighted by atomic mass is 19.2. The molecule has 0 saturated carbocycles. The number of carbonyl (C=O) groups excluding carboxylic acids is 1. The van der Waals surface area contributed by atoms with Crippen LogP contribution in [0.5, 0.6) is 0 Å². The number of halogens is 3. The third-order valence-electron chi connectivity index (χ3n) is 5.17. The van der Waals surface area contributed by atoms with E-state index in [-0.39, 0.29) is 24.7 Å². The minimum absolute atomic E-state index is 0.101. The van der Waals surface area contributed by atoms with Crippen molar-refractivity contribution in [3.63, 3.8) is 0 Å². The number of aromatic amines is 1. The molecule has 152 valence electrons. The molecule has 29 heavy (non-hydrogen) atoms. The predicted molar refractivity (Wildman–Crippen MR) is 103 cm³/mol. The van der Waals surface area contributed by atoms with E-state index in [1.165, 1.54) is 6.33 Å². The molecule has 1 fully saturated rings. The smallest absolute Gasteiger partial charge is 0.184 e. The first-order chi connectivity index (χ1) is 14.0. The largest absolute Gasteiger partial charge is 0.373 e. The van der Waals surface area contributed by atoms with E-state index in [2.05, 4.69) is 25.2 Å². The molecule has 3 heterocycles. The van der Waals surface area contributed by atoms with Crippen LogP contribution in [0.4, 0.5) is 24.7 Å². The van der Waals surface area contributed by atoms with Crippen LogP contribution in [0.2, 0.25) is 0 Å². The second-order valence-corrected chi connectivity index (χ2v) is 7.21. The van der Waals surface area contributed by atoms with Crippen LogP contribution >= 0.6 is 0 Å². The Morgan fingerprint density at radius 3 is 2.90 bits per heavy atom. The molecule has 0 unspecified atom stereocenters. The molecule has 1 atom stereocenters. The van der Waals surface area contributed by atoms with E-state index < -0.39 is 23.1 Å². The van der Waals surface area contributed by atoms with E-state index >= 15 is 0 Å². The lowest BCUT2D eigenvalue weighted by molar-refractivity contribution is -0.118. The molecule has 3 aromatic rings. The third-order valence-corrected chi connectivity index (χ3v) is 5.17. The number of benzene rings is 1. The summed E-state index contributed by atoms with van der Waals surface area (Å²) in [6.07, 6.45) is 5.38. The van der Waals surface area contributed by atoms with Crippen molar-refractivity contribution in [2.45, 2.75) is 19.3 Å². The van der Waals surface area contributed by atoms with Crippen molar-refractivity contribution in [2.24, 2.45) is 5.92 Å². The fourth-order valence-electron chi connectivity index (χ4n) is 3.80. The summed E-state index contributed by atoms with van der Waals surface area (Å²) in [6.45, 7) is 1.23. The second kappa shape index (κ2) is 8.10. The Labute approximate surface area is 165 Å². The number of Topliss-reactive ketones (excluding diaryl/α,β-unsaturated/α-hetero) is 1. The van der Waals surface area contributed by atoms with Gasteiger partial charge in [0, 0.05) is 25.7 Å². The zero-order chi connectivity index (χ0) is 20.4. The van der Waals surface area contributed by atoms with Gasteiger partial charge in [-0.3, -0.25) is 4.79 Å². The van der Waals surface area contributed by atoms with Gasteiger partial charge in [0.15, 0.2) is 17.4 Å². The van der Waals surface area contributed by atoms with Crippen LogP contribution < -0.4 is 10.2 Å². The van der Waals surface area contributed by atoms with E-state index in [9.17, 15) is 18.0 Å². The zero-order valence-corrected chi connectivity index (χ0v) is 15.6. The van der Waals surface area contributed by atoms with Gasteiger partial charge in [-0.1, -0.05) is 0 Å². The first kappa shape index (κ1) is 19.2. The minimum atomic E-state index is -1.32. The first-order valence-electron chi connectivity index (χ1n) is 9.45. The molecule has 1 saturated heterocycles. The molecule has 0 bridgehead atoms. The Morgan fingerprint density at radius 2 is 2.03 bits per heavy atom. The summed E-state index contributed by atoms with van der Waals surface area (Å²) in [5.41, 5.74) is 0.149. The van der Waals surface area contributed by atoms with Gasteiger partial charge in [-0.2, -0.15) is 0 Å². The van der Waals surface area contributed by atoms with Gasteiger partial charge >= 0.3 is 0 Å². The Bertz CT molecular complexity index is 1040. The molecule has 0 aliphatic carbocycles. The van der Waals surface area contributed by atoms with Crippen LogP contribution in [-0.4, -0.2) is 40.4 Å². The number of piperidine rings is 1. The van der Waals surface area contributed by atoms with E-state index in [4.69, 9.17) is 0 Å². The van der Waals surface area contributed by atoms with Crippen molar-refractivity contribution in [3.05, 3.63) is 48.2 Å². The van der Waals surface area contributed by atoms with Gasteiger partial charge in [0.1, 0.15) is 29.3 Å². The van der Waals surface area contributed by atoms with Crippen LogP contribution in [0, 0.1) is 23.4 Å². The highest BCUT2D eigenvalue weighted by molar-refractivity contribution is 5.87. The molecule has 6 nitrogen and oxygen atoms in total. The molecule has 1 aliphatic rings. The van der Waals surface area contributed by atoms with Gasteiger partial charge in [-0.05, 0) is 37.0 Å². The topological polar surface area (TPSA) is 73.9 Å². The summed E-state index contributed by atoms with van der Waals surface area (Å²) in [5, 5.41) is 3.33. The van der Waals surface area contributed by atoms with E-state index in [1.807, 2.05) is 12.3 Å². The summed E-state index contributed by atoms with van der Waals surface area (Å²) in [4.78, 5) is 26.1. The molecule has 2 aromatic heterocycles. The Balaban J connectivity index is 1.38. The fourth-order valence-corrected chi connectivity index (χ4v) is 3.80. The van der Waals surface area contributed by atoms with Crippen molar-refractivity contribution >= 4 is 28.3 Å². The van der Waals surface area contributed by atoms with Crippen molar-refractivity contribution < 1.29 is 18.0 Å². The molecular formula is C20H20F3N5O. The minimum Gasteiger partial charge on any atom is -0.373 e. The van der Waals surface area contributed by atoms with E-state index in [0.717, 1.165) is 42.3 Å². The zero-order valence-electron chi connectivity index (χ0n) is 15.6. The van der Waals surface area contributed by atoms with Gasteiger partial charge in [-0.25, -0.2) is 23.1 Å². The van der Waals surface area contributed by atoms with Gasteiger partial charge in [0.05, 0.1) is 11.9 Å². The summed E-state index contributed by atoms with van der Waals surface area (Å²) in [5.74, 6) is -2.67. The third kappa shape index (κ3) is 4.03. The SMILES string of the molecule is O=C(CNc1c(F)ccc(F)c1F)C[C@@H]1CCCN(c2ncnc3[nH]ccc23)C1. The first-order valence-corrected chi connectivity index (χ1v) is 9.45. The molecule has 0 radical (unpaired) electrons. The number of hydrogen-bond donors (Lipinski definition) is 2. The van der Waals surface area contributed by atoms with Gasteiger partial charge < -0.3 is 15.2 Å². The van der Waals surface area contributed by atoms with Crippen LogP contribution in [0.3, 0.4) is 0 Å². The lowest BCUT2D eigenvalue weighted by Gasteiger charge is -2.33. The number of aromatic nitrogens is 3. The lowest BCUT2D eigenvalue weighted by atomic mass is 9.92. The standard InChI is InChI=1S/C20H20F3N5O/c21-15-3-4-16(22)18(17(15)23)25-9-13(29)8-12-2-1-7-28(10-12)20-14-5-6-24-19(14)26-11-27-20/h3-6,11-12,25H,1-2,7-10H2,(H,24,26,27)/t12-/m0/s1. The summed E-state index contributed by atoms with van der Waals surface area (Å²) in [6, 6.07) is 3.46. The summed E-state index contributed by atoms with van der Waals surface area (Å²) >= 11 is 0. The maximum Gasteiger partial charge on any atom is 0.184 e. The van der Waals surface area contributed by atoms with Crippen molar-refractivity contribution in [1.29, 1.82) is 0 Å². The molecule has 1 aliphatic heterocycles. The van der Waals surface area contributed by atoms with Crippen LogP contribution in [0.25, 0.3) is 11.0 Å². The number of carbonyl (C=O) groups is 1. The molecule has 0 spiro atoms. The molecule has 2 N–H and O–H groups in total. The second-order valence-electron chi connectivity index (χ2n) is 7.21.